The number of aliphatic imine (C=N–C) groups is 1. The van der Waals surface area contributed by atoms with Crippen molar-refractivity contribution in [2.75, 3.05) is 0 Å². The van der Waals surface area contributed by atoms with Crippen molar-refractivity contribution in [1.29, 1.82) is 0 Å². The van der Waals surface area contributed by atoms with Crippen LogP contribution in [0.5, 0.6) is 5.75 Å². The highest BCUT2D eigenvalue weighted by Gasteiger charge is 2.08. The highest BCUT2D eigenvalue weighted by Crippen LogP contribution is 2.28. The van der Waals surface area contributed by atoms with E-state index in [0.717, 1.165) is 28.5 Å². The number of hydrogen-bond donors (Lipinski definition) is 0. The van der Waals surface area contributed by atoms with Crippen LogP contribution in [0.1, 0.15) is 18.3 Å². The fourth-order valence-corrected chi connectivity index (χ4v) is 2.46. The number of para-hydroxylation sites is 2. The van der Waals surface area contributed by atoms with Gasteiger partial charge in [0.15, 0.2) is 0 Å². The molecule has 0 amide bonds. The zero-order valence-corrected chi connectivity index (χ0v) is 13.2. The molecule has 2 aromatic rings. The summed E-state index contributed by atoms with van der Waals surface area (Å²) in [5, 5.41) is 0. The van der Waals surface area contributed by atoms with Crippen molar-refractivity contribution in [2.24, 2.45) is 4.99 Å². The van der Waals surface area contributed by atoms with Gasteiger partial charge in [0.05, 0.1) is 11.4 Å². The summed E-state index contributed by atoms with van der Waals surface area (Å²) >= 11 is 0. The molecule has 0 fully saturated rings. The second kappa shape index (κ2) is 6.43. The van der Waals surface area contributed by atoms with E-state index in [1.807, 2.05) is 38.1 Å². The second-order valence-corrected chi connectivity index (χ2v) is 6.69. The van der Waals surface area contributed by atoms with Gasteiger partial charge in [0, 0.05) is 12.4 Å². The Labute approximate surface area is 121 Å². The highest BCUT2D eigenvalue weighted by molar-refractivity contribution is 6.49. The number of aryl methyl sites for hydroxylation is 1. The van der Waals surface area contributed by atoms with Gasteiger partial charge in [-0.1, -0.05) is 12.1 Å². The monoisotopic (exact) mass is 284 g/mol. The molecule has 0 saturated carbocycles. The lowest BCUT2D eigenvalue weighted by Crippen LogP contribution is -2.11. The predicted octanol–water partition coefficient (Wildman–Crippen LogP) is 3.56. The van der Waals surface area contributed by atoms with E-state index in [2.05, 4.69) is 28.1 Å². The van der Waals surface area contributed by atoms with Crippen molar-refractivity contribution >= 4 is 20.4 Å². The third-order valence-electron chi connectivity index (χ3n) is 2.69. The van der Waals surface area contributed by atoms with Crippen LogP contribution < -0.4 is 4.43 Å². The minimum Gasteiger partial charge on any atom is -0.541 e. The maximum atomic E-state index is 5.87. The van der Waals surface area contributed by atoms with Crippen LogP contribution in [0.15, 0.2) is 41.7 Å². The molecule has 103 valence electrons. The van der Waals surface area contributed by atoms with Gasteiger partial charge < -0.3 is 4.43 Å². The summed E-state index contributed by atoms with van der Waals surface area (Å²) < 4.78 is 5.87. The summed E-state index contributed by atoms with van der Waals surface area (Å²) in [5.41, 5.74) is 3.37. The van der Waals surface area contributed by atoms with Gasteiger partial charge in [-0.05, 0) is 39.1 Å². The zero-order chi connectivity index (χ0) is 14.5. The molecule has 0 aliphatic rings. The average molecular weight is 284 g/mol. The number of aromatic nitrogens is 2. The molecular weight excluding hydrogens is 266 g/mol. The first-order chi connectivity index (χ1) is 9.58. The first kappa shape index (κ1) is 14.4. The maximum absolute atomic E-state index is 5.87. The Bertz CT molecular complexity index is 626. The van der Waals surface area contributed by atoms with E-state index in [1.165, 1.54) is 0 Å². The molecule has 1 aromatic carbocycles. The normalized spacial score (nSPS) is 11.8. The van der Waals surface area contributed by atoms with Crippen LogP contribution in [0.4, 0.5) is 5.69 Å². The van der Waals surface area contributed by atoms with Gasteiger partial charge in [-0.25, -0.2) is 4.99 Å². The van der Waals surface area contributed by atoms with E-state index in [-0.39, 0.29) is 0 Å². The van der Waals surface area contributed by atoms with E-state index < -0.39 is 9.04 Å². The van der Waals surface area contributed by atoms with Gasteiger partial charge in [0.1, 0.15) is 17.1 Å². The van der Waals surface area contributed by atoms with Crippen molar-refractivity contribution in [1.82, 2.24) is 9.97 Å². The molecule has 5 heteroatoms. The Morgan fingerprint density at radius 1 is 1.15 bits per heavy atom. The van der Waals surface area contributed by atoms with Crippen molar-refractivity contribution in [3.05, 3.63) is 48.0 Å². The smallest absolute Gasteiger partial charge is 0.274 e. The van der Waals surface area contributed by atoms with Crippen LogP contribution in [0, 0.1) is 6.92 Å². The SMILES string of the molecule is CC(=Nc1ccccc1O[Si](C)C)c1nccnc1C. The van der Waals surface area contributed by atoms with Gasteiger partial charge in [0.25, 0.3) is 9.04 Å². The number of benzene rings is 1. The summed E-state index contributed by atoms with van der Waals surface area (Å²) in [6.45, 7) is 8.08. The summed E-state index contributed by atoms with van der Waals surface area (Å²) in [5.74, 6) is 0.826. The van der Waals surface area contributed by atoms with Crippen molar-refractivity contribution < 1.29 is 4.43 Å². The third kappa shape index (κ3) is 3.51. The molecule has 0 bridgehead atoms. The van der Waals surface area contributed by atoms with E-state index in [4.69, 9.17) is 4.43 Å². The summed E-state index contributed by atoms with van der Waals surface area (Å²) in [7, 11) is -0.814. The lowest BCUT2D eigenvalue weighted by atomic mass is 10.2. The van der Waals surface area contributed by atoms with Gasteiger partial charge in [-0.2, -0.15) is 0 Å². The van der Waals surface area contributed by atoms with E-state index in [1.54, 1.807) is 12.4 Å². The lowest BCUT2D eigenvalue weighted by Gasteiger charge is -2.11. The summed E-state index contributed by atoms with van der Waals surface area (Å²) in [6.07, 6.45) is 3.37. The molecular formula is C15H18N3OSi. The topological polar surface area (TPSA) is 47.4 Å². The second-order valence-electron chi connectivity index (χ2n) is 4.67. The quantitative estimate of drug-likeness (QED) is 0.637. The van der Waals surface area contributed by atoms with E-state index in [0.29, 0.717) is 0 Å². The van der Waals surface area contributed by atoms with Crippen molar-refractivity contribution in [3.63, 3.8) is 0 Å². The fourth-order valence-electron chi connectivity index (χ4n) is 1.85. The highest BCUT2D eigenvalue weighted by atomic mass is 28.3. The standard InChI is InChI=1S/C15H18N3OSi/c1-11-15(17-10-9-16-11)12(2)18-13-7-5-6-8-14(13)19-20(3)4/h5-10H,1-4H3. The molecule has 0 saturated heterocycles. The zero-order valence-electron chi connectivity index (χ0n) is 12.2. The Kier molecular flexibility index (Phi) is 4.63. The molecule has 0 spiro atoms. The molecule has 0 unspecified atom stereocenters. The van der Waals surface area contributed by atoms with Crippen LogP contribution in [0.2, 0.25) is 13.1 Å². The van der Waals surface area contributed by atoms with E-state index >= 15 is 0 Å². The summed E-state index contributed by atoms with van der Waals surface area (Å²) in [6, 6.07) is 7.82. The molecule has 1 radical (unpaired) electrons. The van der Waals surface area contributed by atoms with Crippen LogP contribution >= 0.6 is 0 Å². The van der Waals surface area contributed by atoms with Crippen molar-refractivity contribution in [2.45, 2.75) is 26.9 Å². The predicted molar refractivity (Wildman–Crippen MR) is 83.2 cm³/mol. The molecule has 1 aromatic heterocycles. The molecule has 0 aliphatic carbocycles. The first-order valence-corrected chi connectivity index (χ1v) is 8.89. The Morgan fingerprint density at radius 2 is 1.85 bits per heavy atom. The molecule has 20 heavy (non-hydrogen) atoms. The number of rotatable bonds is 4. The minimum atomic E-state index is -0.814. The molecule has 0 aliphatic heterocycles. The molecule has 0 atom stereocenters. The summed E-state index contributed by atoms with van der Waals surface area (Å²) in [4.78, 5) is 13.2. The lowest BCUT2D eigenvalue weighted by molar-refractivity contribution is 0.582. The van der Waals surface area contributed by atoms with Gasteiger partial charge in [-0.15, -0.1) is 0 Å². The van der Waals surface area contributed by atoms with Gasteiger partial charge >= 0.3 is 0 Å². The van der Waals surface area contributed by atoms with Crippen LogP contribution in [0.3, 0.4) is 0 Å². The third-order valence-corrected chi connectivity index (χ3v) is 3.32. The molecule has 1 heterocycles. The Hall–Kier alpha value is -2.01. The van der Waals surface area contributed by atoms with E-state index in [9.17, 15) is 0 Å². The minimum absolute atomic E-state index is 0.814. The molecule has 4 nitrogen and oxygen atoms in total. The van der Waals surface area contributed by atoms with Crippen LogP contribution in [-0.2, 0) is 0 Å². The maximum Gasteiger partial charge on any atom is 0.274 e. The molecule has 0 N–H and O–H groups in total. The first-order valence-electron chi connectivity index (χ1n) is 6.48. The van der Waals surface area contributed by atoms with Gasteiger partial charge in [-0.3, -0.25) is 9.97 Å². The van der Waals surface area contributed by atoms with Crippen molar-refractivity contribution in [3.8, 4) is 5.75 Å². The Balaban J connectivity index is 2.38. The number of nitrogens with zero attached hydrogens (tertiary/aromatic N) is 3. The van der Waals surface area contributed by atoms with Crippen LogP contribution in [0.25, 0.3) is 0 Å². The Morgan fingerprint density at radius 3 is 2.55 bits per heavy atom. The molecule has 2 rings (SSSR count). The van der Waals surface area contributed by atoms with Crippen LogP contribution in [-0.4, -0.2) is 24.7 Å². The average Bonchev–Trinajstić information content (AvgIpc) is 2.41. The fraction of sp³-hybridized carbons (Fsp3) is 0.267. The van der Waals surface area contributed by atoms with Gasteiger partial charge in [0.2, 0.25) is 0 Å². The number of hydrogen-bond acceptors (Lipinski definition) is 4. The largest absolute Gasteiger partial charge is 0.541 e.